The number of carbonyl (C=O) groups excluding carboxylic acids is 1. The summed E-state index contributed by atoms with van der Waals surface area (Å²) in [5.74, 6) is -1.88. The van der Waals surface area contributed by atoms with Crippen molar-refractivity contribution in [2.75, 3.05) is 7.05 Å². The number of aromatic nitrogens is 3. The van der Waals surface area contributed by atoms with Crippen LogP contribution in [0.25, 0.3) is 5.65 Å². The molecule has 1 amide bonds. The van der Waals surface area contributed by atoms with Gasteiger partial charge in [-0.05, 0) is 57.4 Å². The van der Waals surface area contributed by atoms with Crippen molar-refractivity contribution in [3.63, 3.8) is 0 Å². The van der Waals surface area contributed by atoms with Crippen molar-refractivity contribution < 1.29 is 13.6 Å². The minimum absolute atomic E-state index is 0.0761. The van der Waals surface area contributed by atoms with E-state index >= 15 is 0 Å². The van der Waals surface area contributed by atoms with Crippen LogP contribution in [0.4, 0.5) is 8.78 Å². The first kappa shape index (κ1) is 19.9. The molecule has 0 saturated carbocycles. The lowest BCUT2D eigenvalue weighted by molar-refractivity contribution is -0.131. The standard InChI is InChI=1S/C21H24F2N4O/c1-12-10-20-24-13(2)17(15(4)27(20)25-12)7-9-21(28)26(5)14(3)16-6-8-18(22)19(23)11-16/h6,8,10-11,14H,7,9H2,1-5H3. The lowest BCUT2D eigenvalue weighted by atomic mass is 10.0. The fraction of sp³-hybridized carbons (Fsp3) is 0.381. The van der Waals surface area contributed by atoms with Gasteiger partial charge in [-0.3, -0.25) is 4.79 Å². The Balaban J connectivity index is 1.74. The van der Waals surface area contributed by atoms with Crippen LogP contribution in [0.15, 0.2) is 24.3 Å². The van der Waals surface area contributed by atoms with Gasteiger partial charge >= 0.3 is 0 Å². The van der Waals surface area contributed by atoms with E-state index < -0.39 is 11.6 Å². The fourth-order valence-corrected chi connectivity index (χ4v) is 3.42. The second-order valence-electron chi connectivity index (χ2n) is 7.17. The van der Waals surface area contributed by atoms with E-state index in [1.54, 1.807) is 23.4 Å². The molecule has 0 fully saturated rings. The van der Waals surface area contributed by atoms with Crippen molar-refractivity contribution in [3.8, 4) is 0 Å². The van der Waals surface area contributed by atoms with Gasteiger partial charge in [-0.15, -0.1) is 0 Å². The largest absolute Gasteiger partial charge is 0.339 e. The fourth-order valence-electron chi connectivity index (χ4n) is 3.42. The van der Waals surface area contributed by atoms with E-state index in [0.29, 0.717) is 18.4 Å². The van der Waals surface area contributed by atoms with Gasteiger partial charge in [0.1, 0.15) is 0 Å². The molecule has 2 heterocycles. The maximum absolute atomic E-state index is 13.5. The summed E-state index contributed by atoms with van der Waals surface area (Å²) in [5, 5.41) is 4.45. The Kier molecular flexibility index (Phi) is 5.45. The van der Waals surface area contributed by atoms with Gasteiger partial charge in [0.15, 0.2) is 17.3 Å². The Morgan fingerprint density at radius 2 is 1.89 bits per heavy atom. The maximum Gasteiger partial charge on any atom is 0.223 e. The number of nitrogens with zero attached hydrogens (tertiary/aromatic N) is 4. The van der Waals surface area contributed by atoms with E-state index in [2.05, 4.69) is 10.1 Å². The molecule has 0 radical (unpaired) electrons. The highest BCUT2D eigenvalue weighted by atomic mass is 19.2. The highest BCUT2D eigenvalue weighted by Crippen LogP contribution is 2.23. The second kappa shape index (κ2) is 7.66. The van der Waals surface area contributed by atoms with E-state index in [0.717, 1.165) is 40.4 Å². The Morgan fingerprint density at radius 3 is 2.57 bits per heavy atom. The van der Waals surface area contributed by atoms with Crippen molar-refractivity contribution in [1.29, 1.82) is 0 Å². The first-order valence-electron chi connectivity index (χ1n) is 9.22. The molecule has 0 spiro atoms. The minimum atomic E-state index is -0.912. The molecule has 1 unspecified atom stereocenters. The lowest BCUT2D eigenvalue weighted by Gasteiger charge is -2.26. The van der Waals surface area contributed by atoms with Gasteiger partial charge in [-0.25, -0.2) is 18.3 Å². The molecule has 7 heteroatoms. The van der Waals surface area contributed by atoms with Crippen LogP contribution in [-0.4, -0.2) is 32.5 Å². The summed E-state index contributed by atoms with van der Waals surface area (Å²) in [6.45, 7) is 7.62. The molecular formula is C21H24F2N4O. The quantitative estimate of drug-likeness (QED) is 0.664. The molecule has 0 aliphatic heterocycles. The Labute approximate surface area is 163 Å². The zero-order valence-corrected chi connectivity index (χ0v) is 16.8. The van der Waals surface area contributed by atoms with Crippen molar-refractivity contribution >= 4 is 11.6 Å². The molecule has 148 valence electrons. The Bertz CT molecular complexity index is 1040. The molecule has 0 aliphatic carbocycles. The molecule has 5 nitrogen and oxygen atoms in total. The number of aryl methyl sites for hydroxylation is 3. The third-order valence-electron chi connectivity index (χ3n) is 5.28. The van der Waals surface area contributed by atoms with Crippen LogP contribution in [0.2, 0.25) is 0 Å². The molecule has 0 saturated heterocycles. The molecule has 1 aromatic carbocycles. The van der Waals surface area contributed by atoms with E-state index in [1.165, 1.54) is 6.07 Å². The van der Waals surface area contributed by atoms with Crippen molar-refractivity contribution in [2.45, 2.75) is 46.6 Å². The number of amides is 1. The third kappa shape index (κ3) is 3.74. The molecular weight excluding hydrogens is 362 g/mol. The maximum atomic E-state index is 13.5. The van der Waals surface area contributed by atoms with Crippen LogP contribution in [0.5, 0.6) is 0 Å². The first-order valence-corrected chi connectivity index (χ1v) is 9.22. The summed E-state index contributed by atoms with van der Waals surface area (Å²) in [5.41, 5.74) is 5.10. The topological polar surface area (TPSA) is 50.5 Å². The van der Waals surface area contributed by atoms with Gasteiger partial charge in [0.2, 0.25) is 5.91 Å². The third-order valence-corrected chi connectivity index (χ3v) is 5.28. The number of halogens is 2. The number of hydrogen-bond acceptors (Lipinski definition) is 3. The molecule has 0 N–H and O–H groups in total. The minimum Gasteiger partial charge on any atom is -0.339 e. The van der Waals surface area contributed by atoms with Crippen molar-refractivity contribution in [3.05, 3.63) is 64.1 Å². The molecule has 2 aromatic heterocycles. The molecule has 3 rings (SSSR count). The van der Waals surface area contributed by atoms with E-state index in [4.69, 9.17) is 0 Å². The highest BCUT2D eigenvalue weighted by Gasteiger charge is 2.20. The monoisotopic (exact) mass is 386 g/mol. The Hall–Kier alpha value is -2.83. The summed E-state index contributed by atoms with van der Waals surface area (Å²) in [6, 6.07) is 5.28. The number of hydrogen-bond donors (Lipinski definition) is 0. The molecule has 3 aromatic rings. The predicted octanol–water partition coefficient (Wildman–Crippen LogP) is 4.08. The predicted molar refractivity (Wildman–Crippen MR) is 103 cm³/mol. The number of rotatable bonds is 5. The lowest BCUT2D eigenvalue weighted by Crippen LogP contribution is -2.30. The SMILES string of the molecule is Cc1cc2nc(C)c(CCC(=O)N(C)C(C)c3ccc(F)c(F)c3)c(C)n2n1. The average Bonchev–Trinajstić information content (AvgIpc) is 3.02. The average molecular weight is 386 g/mol. The number of fused-ring (bicyclic) bond motifs is 1. The second-order valence-corrected chi connectivity index (χ2v) is 7.17. The number of benzene rings is 1. The zero-order valence-electron chi connectivity index (χ0n) is 16.8. The van der Waals surface area contributed by atoms with Crippen LogP contribution >= 0.6 is 0 Å². The van der Waals surface area contributed by atoms with E-state index in [9.17, 15) is 13.6 Å². The van der Waals surface area contributed by atoms with Gasteiger partial charge < -0.3 is 4.90 Å². The normalized spacial score (nSPS) is 12.4. The van der Waals surface area contributed by atoms with Crippen molar-refractivity contribution in [2.24, 2.45) is 0 Å². The van der Waals surface area contributed by atoms with Crippen molar-refractivity contribution in [1.82, 2.24) is 19.5 Å². The van der Waals surface area contributed by atoms with Crippen LogP contribution < -0.4 is 0 Å². The van der Waals surface area contributed by atoms with E-state index in [-0.39, 0.29) is 11.9 Å². The number of carbonyl (C=O) groups is 1. The molecule has 28 heavy (non-hydrogen) atoms. The van der Waals surface area contributed by atoms with Gasteiger partial charge in [0.25, 0.3) is 0 Å². The molecule has 0 aliphatic rings. The van der Waals surface area contributed by atoms with Crippen LogP contribution in [0.1, 0.15) is 47.6 Å². The van der Waals surface area contributed by atoms with Crippen LogP contribution in [0.3, 0.4) is 0 Å². The molecule has 1 atom stereocenters. The summed E-state index contributed by atoms with van der Waals surface area (Å²) >= 11 is 0. The van der Waals surface area contributed by atoms with Crippen LogP contribution in [-0.2, 0) is 11.2 Å². The Morgan fingerprint density at radius 1 is 1.18 bits per heavy atom. The molecule has 0 bridgehead atoms. The van der Waals surface area contributed by atoms with E-state index in [1.807, 2.05) is 26.8 Å². The highest BCUT2D eigenvalue weighted by molar-refractivity contribution is 5.76. The van der Waals surface area contributed by atoms with Gasteiger partial charge in [0.05, 0.1) is 11.7 Å². The first-order chi connectivity index (χ1) is 13.2. The summed E-state index contributed by atoms with van der Waals surface area (Å²) in [4.78, 5) is 18.8. The van der Waals surface area contributed by atoms with Crippen LogP contribution in [0, 0.1) is 32.4 Å². The van der Waals surface area contributed by atoms with Gasteiger partial charge in [-0.2, -0.15) is 5.10 Å². The summed E-state index contributed by atoms with van der Waals surface area (Å²) in [7, 11) is 1.67. The summed E-state index contributed by atoms with van der Waals surface area (Å²) in [6.07, 6.45) is 0.826. The zero-order chi connectivity index (χ0) is 20.6. The van der Waals surface area contributed by atoms with Gasteiger partial charge in [0, 0.05) is 30.9 Å². The van der Waals surface area contributed by atoms with Gasteiger partial charge in [-0.1, -0.05) is 6.07 Å². The smallest absolute Gasteiger partial charge is 0.223 e. The summed E-state index contributed by atoms with van der Waals surface area (Å²) < 4.78 is 28.4.